The first-order valence-corrected chi connectivity index (χ1v) is 4.04. The van der Waals surface area contributed by atoms with Gasteiger partial charge in [-0.25, -0.2) is 0 Å². The van der Waals surface area contributed by atoms with Crippen molar-refractivity contribution < 1.29 is 0 Å². The van der Waals surface area contributed by atoms with Crippen LogP contribution in [-0.4, -0.2) is 6.71 Å². The number of hydrogen-bond acceptors (Lipinski definition) is 0. The normalized spacial score (nSPS) is 19.9. The lowest BCUT2D eigenvalue weighted by Gasteiger charge is -1.96. The van der Waals surface area contributed by atoms with Crippen LogP contribution in [0.25, 0.3) is 0 Å². The van der Waals surface area contributed by atoms with Gasteiger partial charge >= 0.3 is 0 Å². The van der Waals surface area contributed by atoms with E-state index in [-0.39, 0.29) is 0 Å². The molecule has 0 N–H and O–H groups in total. The van der Waals surface area contributed by atoms with E-state index in [1.165, 1.54) is 31.8 Å². The van der Waals surface area contributed by atoms with E-state index in [1.807, 2.05) is 0 Å². The molecule has 1 aliphatic heterocycles. The first-order valence-electron chi connectivity index (χ1n) is 4.04. The molecule has 1 saturated heterocycles. The highest BCUT2D eigenvalue weighted by Gasteiger charge is 2.16. The summed E-state index contributed by atoms with van der Waals surface area (Å²) in [5.41, 5.74) is 0. The molecule has 0 aromatic heterocycles. The third-order valence-corrected chi connectivity index (χ3v) is 2.18. The van der Waals surface area contributed by atoms with Gasteiger partial charge in [-0.15, -0.1) is 0 Å². The largest absolute Gasteiger partial charge is 0.143 e. The molecule has 0 nitrogen and oxygen atoms in total. The molecule has 0 aromatic carbocycles. The van der Waals surface area contributed by atoms with Gasteiger partial charge in [-0.2, -0.15) is 0 Å². The number of hydrogen-bond donors (Lipinski definition) is 0. The fraction of sp³-hybridized carbons (Fsp3) is 0.750. The van der Waals surface area contributed by atoms with E-state index in [2.05, 4.69) is 19.1 Å². The summed E-state index contributed by atoms with van der Waals surface area (Å²) in [6.07, 6.45) is 11.7. The molecule has 1 heterocycles. The molecule has 0 radical (unpaired) electrons. The summed E-state index contributed by atoms with van der Waals surface area (Å²) in [7, 11) is 0. The van der Waals surface area contributed by atoms with Crippen molar-refractivity contribution in [2.24, 2.45) is 0 Å². The van der Waals surface area contributed by atoms with Gasteiger partial charge in [-0.05, 0) is 6.92 Å². The first kappa shape index (κ1) is 6.92. The lowest BCUT2D eigenvalue weighted by atomic mass is 9.46. The van der Waals surface area contributed by atoms with Gasteiger partial charge in [0, 0.05) is 0 Å². The van der Waals surface area contributed by atoms with Crippen molar-refractivity contribution in [3.05, 3.63) is 12.2 Å². The minimum Gasteiger partial charge on any atom is -0.0960 e. The molecule has 1 heteroatoms. The predicted molar refractivity (Wildman–Crippen MR) is 44.2 cm³/mol. The van der Waals surface area contributed by atoms with Gasteiger partial charge in [0.25, 0.3) is 0 Å². The summed E-state index contributed by atoms with van der Waals surface area (Å²) in [5, 5.41) is 0. The molecule has 50 valence electrons. The zero-order valence-electron chi connectivity index (χ0n) is 6.27. The second kappa shape index (κ2) is 3.76. The van der Waals surface area contributed by atoms with Crippen molar-refractivity contribution >= 4 is 6.71 Å². The van der Waals surface area contributed by atoms with E-state index in [0.29, 0.717) is 0 Å². The third kappa shape index (κ3) is 2.25. The van der Waals surface area contributed by atoms with E-state index >= 15 is 0 Å². The second-order valence-corrected chi connectivity index (χ2v) is 2.96. The Kier molecular flexibility index (Phi) is 2.89. The standard InChI is InChI=1S/C8H15B/c1-2-3-6-9-7-4-5-8-9/h2-3H,4-8H2,1H3. The van der Waals surface area contributed by atoms with Crippen LogP contribution in [0, 0.1) is 0 Å². The number of rotatable bonds is 2. The molecule has 0 bridgehead atoms. The highest BCUT2D eigenvalue weighted by atomic mass is 13.9. The molecule has 0 aliphatic carbocycles. The lowest BCUT2D eigenvalue weighted by molar-refractivity contribution is 0.935. The van der Waals surface area contributed by atoms with Crippen LogP contribution in [0.4, 0.5) is 0 Å². The van der Waals surface area contributed by atoms with Crippen LogP contribution < -0.4 is 0 Å². The van der Waals surface area contributed by atoms with Crippen LogP contribution in [0.3, 0.4) is 0 Å². The Bertz CT molecular complexity index is 90.7. The van der Waals surface area contributed by atoms with E-state index in [4.69, 9.17) is 0 Å². The van der Waals surface area contributed by atoms with Crippen molar-refractivity contribution in [3.63, 3.8) is 0 Å². The first-order chi connectivity index (χ1) is 4.43. The Hall–Kier alpha value is -0.195. The summed E-state index contributed by atoms with van der Waals surface area (Å²) in [6.45, 7) is 3.13. The van der Waals surface area contributed by atoms with Crippen molar-refractivity contribution in [1.82, 2.24) is 0 Å². The maximum Gasteiger partial charge on any atom is 0.143 e. The van der Waals surface area contributed by atoms with Gasteiger partial charge in [0.2, 0.25) is 0 Å². The van der Waals surface area contributed by atoms with Crippen LogP contribution in [0.2, 0.25) is 19.0 Å². The summed E-state index contributed by atoms with van der Waals surface area (Å²) < 4.78 is 0. The van der Waals surface area contributed by atoms with Gasteiger partial charge in [-0.3, -0.25) is 0 Å². The molecule has 1 rings (SSSR count). The molecule has 1 fully saturated rings. The maximum atomic E-state index is 2.30. The Morgan fingerprint density at radius 3 is 2.56 bits per heavy atom. The summed E-state index contributed by atoms with van der Waals surface area (Å²) in [6, 6.07) is 0. The van der Waals surface area contributed by atoms with Crippen molar-refractivity contribution in [1.29, 1.82) is 0 Å². The van der Waals surface area contributed by atoms with Crippen LogP contribution in [0.5, 0.6) is 0 Å². The van der Waals surface area contributed by atoms with Gasteiger partial charge in [0.05, 0.1) is 0 Å². The van der Waals surface area contributed by atoms with E-state index < -0.39 is 0 Å². The van der Waals surface area contributed by atoms with Gasteiger partial charge in [0.15, 0.2) is 0 Å². The van der Waals surface area contributed by atoms with Crippen LogP contribution >= 0.6 is 0 Å². The molecule has 0 amide bonds. The van der Waals surface area contributed by atoms with Crippen LogP contribution in [-0.2, 0) is 0 Å². The average Bonchev–Trinajstić information content (AvgIpc) is 2.34. The Labute approximate surface area is 58.4 Å². The van der Waals surface area contributed by atoms with Crippen LogP contribution in [0.1, 0.15) is 19.8 Å². The Balaban J connectivity index is 2.11. The molecular weight excluding hydrogens is 107 g/mol. The SMILES string of the molecule is CC=CCB1CCCC1. The smallest absolute Gasteiger partial charge is 0.0960 e. The topological polar surface area (TPSA) is 0 Å². The third-order valence-electron chi connectivity index (χ3n) is 2.18. The van der Waals surface area contributed by atoms with Gasteiger partial charge < -0.3 is 0 Å². The van der Waals surface area contributed by atoms with E-state index in [9.17, 15) is 0 Å². The molecule has 9 heavy (non-hydrogen) atoms. The van der Waals surface area contributed by atoms with Gasteiger partial charge in [-0.1, -0.05) is 44.0 Å². The number of allylic oxidation sites excluding steroid dienone is 2. The van der Waals surface area contributed by atoms with Crippen molar-refractivity contribution in [2.45, 2.75) is 38.7 Å². The second-order valence-electron chi connectivity index (χ2n) is 2.96. The molecule has 0 aromatic rings. The highest BCUT2D eigenvalue weighted by molar-refractivity contribution is 6.60. The molecule has 1 aliphatic rings. The quantitative estimate of drug-likeness (QED) is 0.390. The Morgan fingerprint density at radius 1 is 1.33 bits per heavy atom. The van der Waals surface area contributed by atoms with E-state index in [0.717, 1.165) is 6.71 Å². The fourth-order valence-electron chi connectivity index (χ4n) is 1.57. The van der Waals surface area contributed by atoms with Crippen LogP contribution in [0.15, 0.2) is 12.2 Å². The highest BCUT2D eigenvalue weighted by Crippen LogP contribution is 2.22. The molecule has 0 spiro atoms. The average molecular weight is 122 g/mol. The monoisotopic (exact) mass is 122 g/mol. The fourth-order valence-corrected chi connectivity index (χ4v) is 1.57. The molecule has 0 atom stereocenters. The van der Waals surface area contributed by atoms with Crippen molar-refractivity contribution in [2.75, 3.05) is 0 Å². The van der Waals surface area contributed by atoms with Crippen molar-refractivity contribution in [3.8, 4) is 0 Å². The zero-order valence-corrected chi connectivity index (χ0v) is 6.27. The minimum absolute atomic E-state index is 1.03. The summed E-state index contributed by atoms with van der Waals surface area (Å²) in [5.74, 6) is 0. The zero-order chi connectivity index (χ0) is 6.53. The Morgan fingerprint density at radius 2 is 2.00 bits per heavy atom. The van der Waals surface area contributed by atoms with E-state index in [1.54, 1.807) is 0 Å². The summed E-state index contributed by atoms with van der Waals surface area (Å²) in [4.78, 5) is 0. The summed E-state index contributed by atoms with van der Waals surface area (Å²) >= 11 is 0. The predicted octanol–water partition coefficient (Wildman–Crippen LogP) is 2.85. The lowest BCUT2D eigenvalue weighted by Crippen LogP contribution is -2.01. The minimum atomic E-state index is 1.03. The maximum absolute atomic E-state index is 2.30. The molecular formula is C8H15B. The van der Waals surface area contributed by atoms with Gasteiger partial charge in [0.1, 0.15) is 6.71 Å². The molecule has 0 unspecified atom stereocenters. The molecule has 0 saturated carbocycles.